The highest BCUT2D eigenvalue weighted by molar-refractivity contribution is 5.93. The molecule has 0 radical (unpaired) electrons. The summed E-state index contributed by atoms with van der Waals surface area (Å²) in [6, 6.07) is 9.12. The summed E-state index contributed by atoms with van der Waals surface area (Å²) in [6.07, 6.45) is -2.69. The van der Waals surface area contributed by atoms with Gasteiger partial charge in [-0.1, -0.05) is 6.07 Å². The molecule has 3 aromatic rings. The topological polar surface area (TPSA) is 77.5 Å². The summed E-state index contributed by atoms with van der Waals surface area (Å²) in [5.74, 6) is -2.62. The van der Waals surface area contributed by atoms with Gasteiger partial charge in [0.1, 0.15) is 28.9 Å². The van der Waals surface area contributed by atoms with Gasteiger partial charge in [-0.2, -0.15) is 0 Å². The van der Waals surface area contributed by atoms with Crippen LogP contribution in [0.15, 0.2) is 54.7 Å². The lowest BCUT2D eigenvalue weighted by atomic mass is 10.0. The number of Topliss-reactive ketones (excluding diaryl/α,β-unsaturated/α-hetero) is 1. The van der Waals surface area contributed by atoms with Gasteiger partial charge in [-0.3, -0.25) is 9.59 Å². The second kappa shape index (κ2) is 10.3. The third-order valence-electron chi connectivity index (χ3n) is 5.19. The molecule has 1 aliphatic carbocycles. The monoisotopic (exact) mass is 506 g/mol. The van der Waals surface area contributed by atoms with Crippen LogP contribution in [0.4, 0.5) is 27.8 Å². The number of carbonyl (C=O) groups excluding carboxylic acids is 2. The summed E-state index contributed by atoms with van der Waals surface area (Å²) in [6.45, 7) is 0. The molecule has 0 spiro atoms. The number of hydrogen-bond donors (Lipinski definition) is 1. The maximum absolute atomic E-state index is 14.6. The van der Waals surface area contributed by atoms with Crippen LogP contribution >= 0.6 is 0 Å². The first kappa shape index (κ1) is 25.1. The van der Waals surface area contributed by atoms with Crippen LogP contribution in [0.5, 0.6) is 17.2 Å². The first-order valence-corrected chi connectivity index (χ1v) is 10.8. The lowest BCUT2D eigenvalue weighted by Gasteiger charge is -2.11. The number of nitrogens with one attached hydrogen (secondary N) is 1. The van der Waals surface area contributed by atoms with Gasteiger partial charge in [-0.15, -0.1) is 13.2 Å². The normalized spacial score (nSPS) is 13.2. The standard InChI is InChI=1S/C25H19F5N2O4/c26-20-5-4-19(36-25(28,29)30)12-16(20)11-17(33)9-14-1-6-22(21(27)10-14)35-18-7-8-31-23(13-18)32-24(34)15-2-3-15/h1,4-8,10,12-13,15H,2-3,9,11H2,(H,31,32,34). The average Bonchev–Trinajstić information content (AvgIpc) is 3.63. The van der Waals surface area contributed by atoms with E-state index in [4.69, 9.17) is 4.74 Å². The molecular formula is C25H19F5N2O4. The molecule has 1 aromatic heterocycles. The zero-order valence-corrected chi connectivity index (χ0v) is 18.6. The van der Waals surface area contributed by atoms with Crippen LogP contribution in [-0.2, 0) is 22.4 Å². The van der Waals surface area contributed by atoms with E-state index >= 15 is 0 Å². The molecule has 1 saturated carbocycles. The molecule has 36 heavy (non-hydrogen) atoms. The van der Waals surface area contributed by atoms with Crippen molar-refractivity contribution in [3.8, 4) is 17.2 Å². The van der Waals surface area contributed by atoms with Crippen LogP contribution < -0.4 is 14.8 Å². The fraction of sp³-hybridized carbons (Fsp3) is 0.240. The fourth-order valence-electron chi connectivity index (χ4n) is 3.37. The summed E-state index contributed by atoms with van der Waals surface area (Å²) in [5, 5.41) is 2.66. The third kappa shape index (κ3) is 7.00. The lowest BCUT2D eigenvalue weighted by molar-refractivity contribution is -0.274. The van der Waals surface area contributed by atoms with E-state index in [1.54, 1.807) is 0 Å². The molecule has 0 bridgehead atoms. The molecule has 0 atom stereocenters. The molecule has 2 aromatic carbocycles. The molecule has 1 aliphatic rings. The van der Waals surface area contributed by atoms with Crippen LogP contribution in [0, 0.1) is 17.6 Å². The van der Waals surface area contributed by atoms with E-state index < -0.39 is 36.0 Å². The highest BCUT2D eigenvalue weighted by Gasteiger charge is 2.31. The smallest absolute Gasteiger partial charge is 0.454 e. The molecule has 1 fully saturated rings. The Morgan fingerprint density at radius 1 is 0.944 bits per heavy atom. The Morgan fingerprint density at radius 3 is 2.42 bits per heavy atom. The van der Waals surface area contributed by atoms with Gasteiger partial charge in [-0.05, 0) is 60.4 Å². The van der Waals surface area contributed by atoms with Gasteiger partial charge < -0.3 is 14.8 Å². The zero-order chi connectivity index (χ0) is 25.9. The minimum Gasteiger partial charge on any atom is -0.454 e. The van der Waals surface area contributed by atoms with E-state index in [0.29, 0.717) is 0 Å². The van der Waals surface area contributed by atoms with E-state index in [0.717, 1.165) is 37.1 Å². The van der Waals surface area contributed by atoms with E-state index in [-0.39, 0.29) is 46.7 Å². The predicted molar refractivity (Wildman–Crippen MR) is 118 cm³/mol. The van der Waals surface area contributed by atoms with Gasteiger partial charge in [-0.25, -0.2) is 13.8 Å². The molecule has 6 nitrogen and oxygen atoms in total. The Kier molecular flexibility index (Phi) is 7.18. The number of ether oxygens (including phenoxy) is 2. The van der Waals surface area contributed by atoms with E-state index in [9.17, 15) is 31.5 Å². The van der Waals surface area contributed by atoms with E-state index in [1.807, 2.05) is 0 Å². The van der Waals surface area contributed by atoms with Gasteiger partial charge in [0.05, 0.1) is 0 Å². The average molecular weight is 506 g/mol. The van der Waals surface area contributed by atoms with Crippen molar-refractivity contribution in [2.24, 2.45) is 5.92 Å². The molecule has 4 rings (SSSR count). The number of halogens is 5. The quantitative estimate of drug-likeness (QED) is 0.374. The lowest BCUT2D eigenvalue weighted by Crippen LogP contribution is -2.17. The fourth-order valence-corrected chi connectivity index (χ4v) is 3.37. The first-order valence-electron chi connectivity index (χ1n) is 10.8. The Hall–Kier alpha value is -4.02. The summed E-state index contributed by atoms with van der Waals surface area (Å²) in [7, 11) is 0. The van der Waals surface area contributed by atoms with Crippen molar-refractivity contribution in [1.82, 2.24) is 4.98 Å². The highest BCUT2D eigenvalue weighted by atomic mass is 19.4. The van der Waals surface area contributed by atoms with Crippen LogP contribution in [0.25, 0.3) is 0 Å². The number of carbonyl (C=O) groups is 2. The molecule has 0 saturated heterocycles. The molecule has 1 N–H and O–H groups in total. The van der Waals surface area contributed by atoms with Gasteiger partial charge >= 0.3 is 6.36 Å². The predicted octanol–water partition coefficient (Wildman–Crippen LogP) is 5.75. The van der Waals surface area contributed by atoms with E-state index in [2.05, 4.69) is 15.0 Å². The summed E-state index contributed by atoms with van der Waals surface area (Å²) < 4.78 is 75.0. The number of amides is 1. The number of nitrogens with zero attached hydrogens (tertiary/aromatic N) is 1. The number of rotatable bonds is 9. The number of aromatic nitrogens is 1. The number of alkyl halides is 3. The SMILES string of the molecule is O=C(Cc1ccc(Oc2ccnc(NC(=O)C3CC3)c2)c(F)c1)Cc1cc(OC(F)(F)F)ccc1F. The summed E-state index contributed by atoms with van der Waals surface area (Å²) >= 11 is 0. The maximum atomic E-state index is 14.6. The third-order valence-corrected chi connectivity index (χ3v) is 5.19. The van der Waals surface area contributed by atoms with Crippen molar-refractivity contribution in [3.05, 3.63) is 77.5 Å². The molecule has 188 valence electrons. The van der Waals surface area contributed by atoms with E-state index in [1.165, 1.54) is 30.5 Å². The van der Waals surface area contributed by atoms with Crippen LogP contribution in [0.1, 0.15) is 24.0 Å². The molecule has 1 amide bonds. The van der Waals surface area contributed by atoms with Crippen LogP contribution in [0.2, 0.25) is 0 Å². The second-order valence-electron chi connectivity index (χ2n) is 8.20. The number of hydrogen-bond acceptors (Lipinski definition) is 5. The Bertz CT molecular complexity index is 1290. The Morgan fingerprint density at radius 2 is 1.72 bits per heavy atom. The molecule has 1 heterocycles. The zero-order valence-electron chi connectivity index (χ0n) is 18.6. The maximum Gasteiger partial charge on any atom is 0.573 e. The highest BCUT2D eigenvalue weighted by Crippen LogP contribution is 2.31. The van der Waals surface area contributed by atoms with Crippen molar-refractivity contribution in [3.63, 3.8) is 0 Å². The minimum absolute atomic E-state index is 0.0160. The number of benzene rings is 2. The van der Waals surface area contributed by atoms with Gasteiger partial charge in [0.2, 0.25) is 5.91 Å². The molecular weight excluding hydrogens is 487 g/mol. The van der Waals surface area contributed by atoms with Crippen molar-refractivity contribution < 1.29 is 41.0 Å². The summed E-state index contributed by atoms with van der Waals surface area (Å²) in [5.41, 5.74) is -0.00971. The van der Waals surface area contributed by atoms with Gasteiger partial charge in [0.15, 0.2) is 11.6 Å². The molecule has 0 aliphatic heterocycles. The van der Waals surface area contributed by atoms with Crippen molar-refractivity contribution in [2.75, 3.05) is 5.32 Å². The second-order valence-corrected chi connectivity index (χ2v) is 8.20. The number of ketones is 1. The first-order chi connectivity index (χ1) is 17.1. The Balaban J connectivity index is 1.38. The molecule has 0 unspecified atom stereocenters. The van der Waals surface area contributed by atoms with Crippen LogP contribution in [-0.4, -0.2) is 23.0 Å². The van der Waals surface area contributed by atoms with Crippen molar-refractivity contribution in [2.45, 2.75) is 32.0 Å². The van der Waals surface area contributed by atoms with Crippen LogP contribution in [0.3, 0.4) is 0 Å². The summed E-state index contributed by atoms with van der Waals surface area (Å²) in [4.78, 5) is 28.3. The van der Waals surface area contributed by atoms with Crippen molar-refractivity contribution in [1.29, 1.82) is 0 Å². The number of anilines is 1. The van der Waals surface area contributed by atoms with Gasteiger partial charge in [0.25, 0.3) is 0 Å². The number of pyridine rings is 1. The Labute approximate surface area is 202 Å². The largest absolute Gasteiger partial charge is 0.573 e. The van der Waals surface area contributed by atoms with Crippen molar-refractivity contribution >= 4 is 17.5 Å². The van der Waals surface area contributed by atoms with Gasteiger partial charge in [0, 0.05) is 31.0 Å². The minimum atomic E-state index is -4.96. The molecule has 11 heteroatoms.